The third-order valence-corrected chi connectivity index (χ3v) is 2.09. The summed E-state index contributed by atoms with van der Waals surface area (Å²) in [5.74, 6) is -0.260. The minimum Gasteiger partial charge on any atom is -0.353 e. The molecule has 0 spiro atoms. The smallest absolute Gasteiger partial charge is 0.266 e. The topological polar surface area (TPSA) is 105 Å². The fraction of sp³-hybridized carbons (Fsp3) is 0.400. The highest BCUT2D eigenvalue weighted by atomic mass is 35.5. The summed E-state index contributed by atoms with van der Waals surface area (Å²) in [4.78, 5) is 10.8. The Labute approximate surface area is 85.3 Å². The zero-order valence-corrected chi connectivity index (χ0v) is 8.46. The van der Waals surface area contributed by atoms with Gasteiger partial charge in [0.15, 0.2) is 0 Å². The Hall–Kier alpha value is -0.990. The van der Waals surface area contributed by atoms with Gasteiger partial charge < -0.3 is 5.32 Å². The molecule has 0 aromatic carbocycles. The molecule has 1 rings (SSSR count). The molecule has 0 aliphatic heterocycles. The predicted molar refractivity (Wildman–Crippen MR) is 49.7 cm³/mol. The maximum absolute atomic E-state index is 10.3. The van der Waals surface area contributed by atoms with Gasteiger partial charge in [-0.05, 0) is 11.6 Å². The maximum atomic E-state index is 10.3. The third kappa shape index (κ3) is 4.30. The maximum Gasteiger partial charge on any atom is 0.266 e. The fourth-order valence-electron chi connectivity index (χ4n) is 0.653. The number of aromatic nitrogens is 3. The van der Waals surface area contributed by atoms with Crippen LogP contribution in [0.25, 0.3) is 0 Å². The van der Waals surface area contributed by atoms with Crippen molar-refractivity contribution in [2.75, 3.05) is 17.6 Å². The first-order chi connectivity index (χ1) is 6.47. The van der Waals surface area contributed by atoms with E-state index in [1.54, 1.807) is 0 Å². The quantitative estimate of drug-likeness (QED) is 0.701. The molecule has 78 valence electrons. The normalized spacial score (nSPS) is 11.3. The molecule has 1 aromatic heterocycles. The highest BCUT2D eigenvalue weighted by molar-refractivity contribution is 7.85. The van der Waals surface area contributed by atoms with E-state index in [4.69, 9.17) is 16.2 Å². The van der Waals surface area contributed by atoms with Crippen LogP contribution in [0.15, 0.2) is 6.33 Å². The van der Waals surface area contributed by atoms with Crippen LogP contribution in [-0.4, -0.2) is 40.2 Å². The lowest BCUT2D eigenvalue weighted by atomic mass is 10.7. The molecule has 0 unspecified atom stereocenters. The van der Waals surface area contributed by atoms with E-state index in [1.165, 1.54) is 6.33 Å². The molecule has 7 nitrogen and oxygen atoms in total. The molecule has 14 heavy (non-hydrogen) atoms. The van der Waals surface area contributed by atoms with E-state index in [0.717, 1.165) is 0 Å². The fourth-order valence-corrected chi connectivity index (χ4v) is 1.14. The van der Waals surface area contributed by atoms with Crippen LogP contribution in [0.3, 0.4) is 0 Å². The van der Waals surface area contributed by atoms with Gasteiger partial charge in [-0.1, -0.05) is 0 Å². The summed E-state index contributed by atoms with van der Waals surface area (Å²) >= 11 is 5.44. The Bertz CT molecular complexity index is 409. The number of nitrogens with one attached hydrogen (secondary N) is 1. The van der Waals surface area contributed by atoms with Gasteiger partial charge in [0.1, 0.15) is 6.33 Å². The van der Waals surface area contributed by atoms with Crippen molar-refractivity contribution in [2.45, 2.75) is 0 Å². The van der Waals surface area contributed by atoms with Crippen LogP contribution in [0.4, 0.5) is 5.95 Å². The Balaban J connectivity index is 2.47. The summed E-state index contributed by atoms with van der Waals surface area (Å²) in [6.07, 6.45) is 1.19. The first-order valence-corrected chi connectivity index (χ1v) is 5.50. The minimum atomic E-state index is -3.97. The van der Waals surface area contributed by atoms with Crippen LogP contribution in [0.5, 0.6) is 0 Å². The molecule has 1 heterocycles. The van der Waals surface area contributed by atoms with Gasteiger partial charge in [0.05, 0.1) is 5.75 Å². The Morgan fingerprint density at radius 1 is 1.50 bits per heavy atom. The van der Waals surface area contributed by atoms with E-state index >= 15 is 0 Å². The molecule has 0 saturated carbocycles. The molecule has 0 amide bonds. The largest absolute Gasteiger partial charge is 0.353 e. The van der Waals surface area contributed by atoms with E-state index in [-0.39, 0.29) is 17.8 Å². The lowest BCUT2D eigenvalue weighted by Crippen LogP contribution is -2.16. The highest BCUT2D eigenvalue weighted by Crippen LogP contribution is 2.01. The molecule has 0 bridgehead atoms. The molecule has 9 heteroatoms. The van der Waals surface area contributed by atoms with Crippen LogP contribution in [0.1, 0.15) is 0 Å². The van der Waals surface area contributed by atoms with Gasteiger partial charge >= 0.3 is 0 Å². The molecule has 0 radical (unpaired) electrons. The van der Waals surface area contributed by atoms with Crippen molar-refractivity contribution in [3.05, 3.63) is 11.6 Å². The van der Waals surface area contributed by atoms with E-state index in [0.29, 0.717) is 0 Å². The highest BCUT2D eigenvalue weighted by Gasteiger charge is 2.04. The van der Waals surface area contributed by atoms with Gasteiger partial charge in [-0.25, -0.2) is 9.97 Å². The van der Waals surface area contributed by atoms with Crippen molar-refractivity contribution in [3.8, 4) is 0 Å². The molecule has 0 saturated heterocycles. The molecule has 0 aliphatic rings. The Morgan fingerprint density at radius 3 is 2.79 bits per heavy atom. The number of rotatable bonds is 4. The van der Waals surface area contributed by atoms with Crippen molar-refractivity contribution >= 4 is 27.7 Å². The number of nitrogens with zero attached hydrogens (tertiary/aromatic N) is 3. The van der Waals surface area contributed by atoms with Crippen molar-refractivity contribution < 1.29 is 13.0 Å². The molecule has 0 aliphatic carbocycles. The Kier molecular flexibility index (Phi) is 3.55. The lowest BCUT2D eigenvalue weighted by Gasteiger charge is -2.01. The monoisotopic (exact) mass is 238 g/mol. The van der Waals surface area contributed by atoms with Crippen molar-refractivity contribution in [3.63, 3.8) is 0 Å². The van der Waals surface area contributed by atoms with E-state index in [1.807, 2.05) is 0 Å². The van der Waals surface area contributed by atoms with Crippen molar-refractivity contribution in [1.82, 2.24) is 15.0 Å². The van der Waals surface area contributed by atoms with Gasteiger partial charge in [0, 0.05) is 6.54 Å². The summed E-state index contributed by atoms with van der Waals surface area (Å²) in [6.45, 7) is -0.000818. The summed E-state index contributed by atoms with van der Waals surface area (Å²) in [5.41, 5.74) is 0. The van der Waals surface area contributed by atoms with Crippen LogP contribution >= 0.6 is 11.6 Å². The van der Waals surface area contributed by atoms with Crippen molar-refractivity contribution in [2.24, 2.45) is 0 Å². The van der Waals surface area contributed by atoms with E-state index in [2.05, 4.69) is 20.3 Å². The Morgan fingerprint density at radius 2 is 2.21 bits per heavy atom. The SMILES string of the molecule is O=S(=O)(O)CCNc1ncnc(Cl)n1. The first kappa shape index (κ1) is 11.1. The minimum absolute atomic E-state index is 0.000818. The molecule has 0 atom stereocenters. The molecule has 0 fully saturated rings. The van der Waals surface area contributed by atoms with Crippen LogP contribution in [0, 0.1) is 0 Å². The second-order valence-corrected chi connectivity index (χ2v) is 4.20. The summed E-state index contributed by atoms with van der Waals surface area (Å²) in [5, 5.41) is 2.56. The second kappa shape index (κ2) is 4.49. The van der Waals surface area contributed by atoms with Crippen LogP contribution in [0.2, 0.25) is 5.28 Å². The van der Waals surface area contributed by atoms with Crippen molar-refractivity contribution in [1.29, 1.82) is 0 Å². The summed E-state index contributed by atoms with van der Waals surface area (Å²) in [6, 6.07) is 0. The first-order valence-electron chi connectivity index (χ1n) is 3.51. The van der Waals surface area contributed by atoms with E-state index in [9.17, 15) is 8.42 Å². The average Bonchev–Trinajstić information content (AvgIpc) is 2.01. The summed E-state index contributed by atoms with van der Waals surface area (Å²) in [7, 11) is -3.97. The average molecular weight is 239 g/mol. The predicted octanol–water partition coefficient (Wildman–Crippen LogP) is -0.175. The molecular weight excluding hydrogens is 232 g/mol. The number of hydrogen-bond acceptors (Lipinski definition) is 6. The van der Waals surface area contributed by atoms with Gasteiger partial charge in [0.2, 0.25) is 11.2 Å². The van der Waals surface area contributed by atoms with Gasteiger partial charge in [0.25, 0.3) is 10.1 Å². The van der Waals surface area contributed by atoms with Gasteiger partial charge in [-0.2, -0.15) is 13.4 Å². The lowest BCUT2D eigenvalue weighted by molar-refractivity contribution is 0.484. The van der Waals surface area contributed by atoms with E-state index < -0.39 is 15.9 Å². The third-order valence-electron chi connectivity index (χ3n) is 1.19. The standard InChI is InChI=1S/C5H7ClN4O3S/c6-4-8-3-9-5(10-4)7-1-2-14(11,12)13/h3H,1-2H2,(H,11,12,13)(H,7,8,9,10). The van der Waals surface area contributed by atoms with Gasteiger partial charge in [-0.15, -0.1) is 0 Å². The molecule has 2 N–H and O–H groups in total. The molecule has 1 aromatic rings. The number of hydrogen-bond donors (Lipinski definition) is 2. The number of anilines is 1. The summed E-state index contributed by atoms with van der Waals surface area (Å²) < 4.78 is 29.1. The van der Waals surface area contributed by atoms with Gasteiger partial charge in [-0.3, -0.25) is 4.55 Å². The molecular formula is C5H7ClN4O3S. The zero-order chi connectivity index (χ0) is 10.6. The zero-order valence-electron chi connectivity index (χ0n) is 6.88. The van der Waals surface area contributed by atoms with Crippen LogP contribution < -0.4 is 5.32 Å². The van der Waals surface area contributed by atoms with Crippen LogP contribution in [-0.2, 0) is 10.1 Å². The second-order valence-electron chi connectivity index (χ2n) is 2.29. The number of halogens is 1.